The first-order chi connectivity index (χ1) is 11.7. The second-order valence-electron chi connectivity index (χ2n) is 9.11. The van der Waals surface area contributed by atoms with E-state index in [4.69, 9.17) is 5.73 Å². The molecule has 0 aromatic carbocycles. The van der Waals surface area contributed by atoms with Crippen molar-refractivity contribution in [2.45, 2.75) is 95.9 Å². The summed E-state index contributed by atoms with van der Waals surface area (Å²) in [6.45, 7) is 6.15. The van der Waals surface area contributed by atoms with Gasteiger partial charge in [0.2, 0.25) is 5.91 Å². The molecule has 2 bridgehead atoms. The lowest BCUT2D eigenvalue weighted by Gasteiger charge is -2.54. The third kappa shape index (κ3) is 3.08. The molecule has 0 spiro atoms. The third-order valence-electron chi connectivity index (χ3n) is 7.51. The standard InChI is InChI=1S/C20H33N3O2/c1-4-20(25)10-15-6-5-7-19(9-15,12-20)17(22)18(24)23-14(3)13(2)8-16(23)11-21/h13-17,25H,4-10,12,22H2,1-3H3/t13?,14?,15?,16-,17+,19?,20?/m0/s1. The normalized spacial score (nSPS) is 45.0. The smallest absolute Gasteiger partial charge is 0.241 e. The fourth-order valence-corrected chi connectivity index (χ4v) is 5.90. The highest BCUT2D eigenvalue weighted by Crippen LogP contribution is 2.55. The van der Waals surface area contributed by atoms with Gasteiger partial charge < -0.3 is 15.7 Å². The average molecular weight is 348 g/mol. The Bertz CT molecular complexity index is 574. The lowest BCUT2D eigenvalue weighted by Crippen LogP contribution is -2.61. The Morgan fingerprint density at radius 1 is 1.44 bits per heavy atom. The molecule has 0 aromatic heterocycles. The Balaban J connectivity index is 1.86. The number of nitriles is 1. The van der Waals surface area contributed by atoms with E-state index in [1.807, 2.05) is 13.8 Å². The van der Waals surface area contributed by atoms with E-state index in [1.165, 1.54) is 0 Å². The van der Waals surface area contributed by atoms with Gasteiger partial charge in [0.25, 0.3) is 0 Å². The number of hydrogen-bond acceptors (Lipinski definition) is 4. The van der Waals surface area contributed by atoms with E-state index in [9.17, 15) is 15.2 Å². The van der Waals surface area contributed by atoms with Gasteiger partial charge in [-0.25, -0.2) is 0 Å². The van der Waals surface area contributed by atoms with Gasteiger partial charge >= 0.3 is 0 Å². The van der Waals surface area contributed by atoms with Crippen molar-refractivity contribution in [1.29, 1.82) is 5.26 Å². The van der Waals surface area contributed by atoms with Gasteiger partial charge in [-0.2, -0.15) is 5.26 Å². The monoisotopic (exact) mass is 347 g/mol. The lowest BCUT2D eigenvalue weighted by atomic mass is 9.54. The Kier molecular flexibility index (Phi) is 4.89. The highest BCUT2D eigenvalue weighted by atomic mass is 16.3. The molecule has 1 aliphatic heterocycles. The van der Waals surface area contributed by atoms with Gasteiger partial charge in [-0.15, -0.1) is 0 Å². The minimum atomic E-state index is -0.695. The number of nitrogens with zero attached hydrogens (tertiary/aromatic N) is 2. The maximum absolute atomic E-state index is 13.3. The van der Waals surface area contributed by atoms with Crippen LogP contribution in [0.25, 0.3) is 0 Å². The number of carbonyl (C=O) groups is 1. The number of carbonyl (C=O) groups excluding carboxylic acids is 1. The largest absolute Gasteiger partial charge is 0.390 e. The summed E-state index contributed by atoms with van der Waals surface area (Å²) in [4.78, 5) is 15.1. The highest BCUT2D eigenvalue weighted by Gasteiger charge is 2.55. The summed E-state index contributed by atoms with van der Waals surface area (Å²) < 4.78 is 0. The average Bonchev–Trinajstić information content (AvgIpc) is 2.87. The summed E-state index contributed by atoms with van der Waals surface area (Å²) in [5, 5.41) is 20.5. The van der Waals surface area contributed by atoms with E-state index >= 15 is 0 Å². The first-order valence-electron chi connectivity index (χ1n) is 9.95. The van der Waals surface area contributed by atoms with Crippen LogP contribution >= 0.6 is 0 Å². The summed E-state index contributed by atoms with van der Waals surface area (Å²) in [5.41, 5.74) is 5.60. The second-order valence-corrected chi connectivity index (χ2v) is 9.11. The number of hydrogen-bond donors (Lipinski definition) is 2. The van der Waals surface area contributed by atoms with Crippen LogP contribution in [0.3, 0.4) is 0 Å². The van der Waals surface area contributed by atoms with Crippen LogP contribution < -0.4 is 5.73 Å². The van der Waals surface area contributed by atoms with Gasteiger partial charge in [0, 0.05) is 6.04 Å². The van der Waals surface area contributed by atoms with Gasteiger partial charge in [0.1, 0.15) is 6.04 Å². The minimum absolute atomic E-state index is 0.0487. The topological polar surface area (TPSA) is 90.3 Å². The highest BCUT2D eigenvalue weighted by molar-refractivity contribution is 5.84. The van der Waals surface area contributed by atoms with E-state index in [2.05, 4.69) is 13.0 Å². The number of amides is 1. The predicted molar refractivity (Wildman–Crippen MR) is 96.3 cm³/mol. The molecule has 140 valence electrons. The molecule has 5 nitrogen and oxygen atoms in total. The summed E-state index contributed by atoms with van der Waals surface area (Å²) in [7, 11) is 0. The first-order valence-corrected chi connectivity index (χ1v) is 9.95. The van der Waals surface area contributed by atoms with Gasteiger partial charge in [0.15, 0.2) is 0 Å². The summed E-state index contributed by atoms with van der Waals surface area (Å²) >= 11 is 0. The van der Waals surface area contributed by atoms with Crippen LogP contribution in [0, 0.1) is 28.6 Å². The SMILES string of the molecule is CCC1(O)CC2CCCC([C@H](N)C(=O)N3C(C)C(C)C[C@H]3C#N)(C2)C1. The van der Waals surface area contributed by atoms with Crippen LogP contribution in [0.15, 0.2) is 0 Å². The summed E-state index contributed by atoms with van der Waals surface area (Å²) in [6, 6.07) is 1.36. The second kappa shape index (κ2) is 6.55. The lowest BCUT2D eigenvalue weighted by molar-refractivity contribution is -0.147. The molecule has 1 amide bonds. The number of aliphatic hydroxyl groups is 1. The molecule has 0 radical (unpaired) electrons. The first kappa shape index (κ1) is 18.7. The molecule has 5 unspecified atom stereocenters. The van der Waals surface area contributed by atoms with E-state index < -0.39 is 11.6 Å². The molecule has 3 aliphatic rings. The van der Waals surface area contributed by atoms with Crippen molar-refractivity contribution >= 4 is 5.91 Å². The summed E-state index contributed by atoms with van der Waals surface area (Å²) in [5.74, 6) is 0.703. The van der Waals surface area contributed by atoms with Crippen molar-refractivity contribution in [2.75, 3.05) is 0 Å². The summed E-state index contributed by atoms with van der Waals surface area (Å²) in [6.07, 6.45) is 6.96. The molecule has 1 saturated heterocycles. The van der Waals surface area contributed by atoms with Crippen LogP contribution in [0.1, 0.15) is 72.1 Å². The zero-order valence-electron chi connectivity index (χ0n) is 15.9. The maximum atomic E-state index is 13.3. The molecule has 3 rings (SSSR count). The number of nitrogens with two attached hydrogens (primary N) is 1. The van der Waals surface area contributed by atoms with E-state index in [0.29, 0.717) is 24.7 Å². The van der Waals surface area contributed by atoms with Crippen LogP contribution in [0.4, 0.5) is 0 Å². The van der Waals surface area contributed by atoms with E-state index in [-0.39, 0.29) is 23.4 Å². The van der Waals surface area contributed by atoms with Crippen molar-refractivity contribution < 1.29 is 9.90 Å². The minimum Gasteiger partial charge on any atom is -0.390 e. The Morgan fingerprint density at radius 2 is 2.16 bits per heavy atom. The molecule has 2 aliphatic carbocycles. The Hall–Kier alpha value is -1.12. The van der Waals surface area contributed by atoms with Crippen molar-refractivity contribution in [3.8, 4) is 6.07 Å². The molecular formula is C20H33N3O2. The molecular weight excluding hydrogens is 314 g/mol. The van der Waals surface area contributed by atoms with Crippen molar-refractivity contribution in [3.05, 3.63) is 0 Å². The van der Waals surface area contributed by atoms with Crippen molar-refractivity contribution in [1.82, 2.24) is 4.90 Å². The Labute approximate surface area is 151 Å². The number of fused-ring (bicyclic) bond motifs is 2. The zero-order chi connectivity index (χ0) is 18.4. The molecule has 5 heteroatoms. The van der Waals surface area contributed by atoms with Gasteiger partial charge in [0.05, 0.1) is 17.7 Å². The quantitative estimate of drug-likeness (QED) is 0.821. The van der Waals surface area contributed by atoms with Gasteiger partial charge in [-0.3, -0.25) is 4.79 Å². The molecule has 1 heterocycles. The zero-order valence-corrected chi connectivity index (χ0v) is 15.9. The van der Waals surface area contributed by atoms with E-state index in [0.717, 1.165) is 38.5 Å². The number of rotatable bonds is 3. The Morgan fingerprint density at radius 3 is 2.80 bits per heavy atom. The predicted octanol–water partition coefficient (Wildman–Crippen LogP) is 2.57. The molecule has 0 aromatic rings. The fourth-order valence-electron chi connectivity index (χ4n) is 5.90. The van der Waals surface area contributed by atoms with Crippen LogP contribution in [0.2, 0.25) is 0 Å². The maximum Gasteiger partial charge on any atom is 0.241 e. The van der Waals surface area contributed by atoms with Crippen LogP contribution in [0.5, 0.6) is 0 Å². The van der Waals surface area contributed by atoms with Crippen LogP contribution in [-0.4, -0.2) is 39.6 Å². The molecule has 3 N–H and O–H groups in total. The van der Waals surface area contributed by atoms with Crippen molar-refractivity contribution in [2.24, 2.45) is 23.0 Å². The van der Waals surface area contributed by atoms with E-state index in [1.54, 1.807) is 4.90 Å². The van der Waals surface area contributed by atoms with Gasteiger partial charge in [-0.05, 0) is 62.7 Å². The fraction of sp³-hybridized carbons (Fsp3) is 0.900. The third-order valence-corrected chi connectivity index (χ3v) is 7.51. The molecule has 2 saturated carbocycles. The van der Waals surface area contributed by atoms with Crippen LogP contribution in [-0.2, 0) is 4.79 Å². The molecule has 25 heavy (non-hydrogen) atoms. The number of likely N-dealkylation sites (tertiary alicyclic amines) is 1. The molecule has 3 fully saturated rings. The van der Waals surface area contributed by atoms with Gasteiger partial charge in [-0.1, -0.05) is 26.7 Å². The molecule has 7 atom stereocenters. The van der Waals surface area contributed by atoms with Crippen molar-refractivity contribution in [3.63, 3.8) is 0 Å².